The number of nitrogens with one attached hydrogen (secondary N) is 2. The molecule has 1 saturated heterocycles. The smallest absolute Gasteiger partial charge is 0.270 e. The van der Waals surface area contributed by atoms with Crippen LogP contribution in [-0.4, -0.2) is 42.0 Å². The topological polar surface area (TPSA) is 48.1 Å². The maximum Gasteiger partial charge on any atom is 0.270 e. The Morgan fingerprint density at radius 2 is 1.77 bits per heavy atom. The zero-order valence-corrected chi connectivity index (χ0v) is 13.5. The molecule has 0 unspecified atom stereocenters. The minimum atomic E-state index is 0. The monoisotopic (exact) mass is 319 g/mol. The molecule has 3 rings (SSSR count). The summed E-state index contributed by atoms with van der Waals surface area (Å²) in [6, 6.07) is 14.2. The molecule has 118 valence electrons. The first kappa shape index (κ1) is 16.6. The highest BCUT2D eigenvalue weighted by atomic mass is 35.5. The number of hydrogen-bond acceptors (Lipinski definition) is 2. The van der Waals surface area contributed by atoms with E-state index in [1.165, 1.54) is 0 Å². The van der Waals surface area contributed by atoms with Crippen molar-refractivity contribution in [1.82, 2.24) is 15.2 Å². The Labute approximate surface area is 137 Å². The highest BCUT2D eigenvalue weighted by molar-refractivity contribution is 5.93. The standard InChI is InChI=1S/C17H21N3O.ClH/c1-20(14-9-11-18-12-10-14)17(21)16-8-7-15(19-16)13-5-3-2-4-6-13;/h2-8,14,18-19H,9-12H2,1H3;1H. The molecular weight excluding hydrogens is 298 g/mol. The van der Waals surface area contributed by atoms with Gasteiger partial charge in [-0.2, -0.15) is 0 Å². The van der Waals surface area contributed by atoms with Gasteiger partial charge in [-0.25, -0.2) is 0 Å². The second-order valence-electron chi connectivity index (χ2n) is 5.55. The van der Waals surface area contributed by atoms with Crippen molar-refractivity contribution in [3.63, 3.8) is 0 Å². The molecule has 0 aliphatic carbocycles. The number of hydrogen-bond donors (Lipinski definition) is 2. The first-order chi connectivity index (χ1) is 10.3. The quantitative estimate of drug-likeness (QED) is 0.914. The van der Waals surface area contributed by atoms with Crippen LogP contribution in [0.15, 0.2) is 42.5 Å². The summed E-state index contributed by atoms with van der Waals surface area (Å²) in [7, 11) is 1.90. The maximum atomic E-state index is 12.6. The molecule has 2 heterocycles. The Morgan fingerprint density at radius 3 is 2.45 bits per heavy atom. The van der Waals surface area contributed by atoms with Crippen molar-refractivity contribution in [1.29, 1.82) is 0 Å². The lowest BCUT2D eigenvalue weighted by atomic mass is 10.1. The van der Waals surface area contributed by atoms with Gasteiger partial charge in [-0.15, -0.1) is 12.4 Å². The average molecular weight is 320 g/mol. The van der Waals surface area contributed by atoms with Gasteiger partial charge in [-0.05, 0) is 43.6 Å². The molecule has 1 fully saturated rings. The van der Waals surface area contributed by atoms with E-state index in [2.05, 4.69) is 10.3 Å². The van der Waals surface area contributed by atoms with Gasteiger partial charge in [0.15, 0.2) is 0 Å². The zero-order chi connectivity index (χ0) is 14.7. The van der Waals surface area contributed by atoms with E-state index in [0.717, 1.165) is 37.2 Å². The SMILES string of the molecule is CN(C(=O)c1ccc(-c2ccccc2)[nH]1)C1CCNCC1.Cl. The molecule has 2 N–H and O–H groups in total. The van der Waals surface area contributed by atoms with E-state index in [9.17, 15) is 4.79 Å². The van der Waals surface area contributed by atoms with Crippen LogP contribution in [0.4, 0.5) is 0 Å². The summed E-state index contributed by atoms with van der Waals surface area (Å²) in [5.74, 6) is 0.0732. The molecule has 0 radical (unpaired) electrons. The number of nitrogens with zero attached hydrogens (tertiary/aromatic N) is 1. The second kappa shape index (κ2) is 7.47. The van der Waals surface area contributed by atoms with Crippen molar-refractivity contribution in [2.45, 2.75) is 18.9 Å². The molecule has 4 nitrogen and oxygen atoms in total. The molecule has 0 atom stereocenters. The van der Waals surface area contributed by atoms with Crippen LogP contribution in [0.2, 0.25) is 0 Å². The van der Waals surface area contributed by atoms with Crippen LogP contribution in [0.5, 0.6) is 0 Å². The highest BCUT2D eigenvalue weighted by Crippen LogP contribution is 2.20. The van der Waals surface area contributed by atoms with Crippen molar-refractivity contribution in [2.75, 3.05) is 20.1 Å². The third-order valence-electron chi connectivity index (χ3n) is 4.18. The van der Waals surface area contributed by atoms with Crippen molar-refractivity contribution < 1.29 is 4.79 Å². The average Bonchev–Trinajstić information content (AvgIpc) is 3.05. The van der Waals surface area contributed by atoms with Gasteiger partial charge in [0.05, 0.1) is 0 Å². The van der Waals surface area contributed by atoms with E-state index in [0.29, 0.717) is 11.7 Å². The van der Waals surface area contributed by atoms with Gasteiger partial charge in [-0.3, -0.25) is 4.79 Å². The number of amides is 1. The van der Waals surface area contributed by atoms with Crippen molar-refractivity contribution in [3.8, 4) is 11.3 Å². The molecule has 0 saturated carbocycles. The number of halogens is 1. The lowest BCUT2D eigenvalue weighted by Gasteiger charge is -2.31. The first-order valence-electron chi connectivity index (χ1n) is 7.48. The minimum absolute atomic E-state index is 0. The van der Waals surface area contributed by atoms with Crippen LogP contribution in [0.1, 0.15) is 23.3 Å². The predicted molar refractivity (Wildman–Crippen MR) is 91.5 cm³/mol. The normalized spacial score (nSPS) is 15.1. The molecule has 5 heteroatoms. The lowest BCUT2D eigenvalue weighted by molar-refractivity contribution is 0.0698. The van der Waals surface area contributed by atoms with Crippen molar-refractivity contribution in [2.24, 2.45) is 0 Å². The minimum Gasteiger partial charge on any atom is -0.351 e. The summed E-state index contributed by atoms with van der Waals surface area (Å²) in [6.07, 6.45) is 2.04. The van der Waals surface area contributed by atoms with Gasteiger partial charge in [0.1, 0.15) is 5.69 Å². The summed E-state index contributed by atoms with van der Waals surface area (Å²) < 4.78 is 0. The molecule has 2 aromatic rings. The van der Waals surface area contributed by atoms with E-state index in [1.807, 2.05) is 54.4 Å². The van der Waals surface area contributed by atoms with Crippen molar-refractivity contribution >= 4 is 18.3 Å². The Kier molecular flexibility index (Phi) is 5.63. The molecule has 1 aliphatic heterocycles. The molecule has 1 amide bonds. The van der Waals surface area contributed by atoms with E-state index in [-0.39, 0.29) is 18.3 Å². The van der Waals surface area contributed by atoms with Gasteiger partial charge in [0, 0.05) is 18.8 Å². The molecule has 0 bridgehead atoms. The Hall–Kier alpha value is -1.78. The molecular formula is C17H22ClN3O. The lowest BCUT2D eigenvalue weighted by Crippen LogP contribution is -2.44. The van der Waals surface area contributed by atoms with E-state index in [4.69, 9.17) is 0 Å². The number of carbonyl (C=O) groups excluding carboxylic acids is 1. The fraction of sp³-hybridized carbons (Fsp3) is 0.353. The third-order valence-corrected chi connectivity index (χ3v) is 4.18. The number of rotatable bonds is 3. The summed E-state index contributed by atoms with van der Waals surface area (Å²) in [4.78, 5) is 17.7. The molecule has 0 spiro atoms. The van der Waals surface area contributed by atoms with Gasteiger partial charge >= 0.3 is 0 Å². The van der Waals surface area contributed by atoms with Crippen LogP contribution in [0.25, 0.3) is 11.3 Å². The maximum absolute atomic E-state index is 12.6. The van der Waals surface area contributed by atoms with E-state index >= 15 is 0 Å². The number of piperidine rings is 1. The first-order valence-corrected chi connectivity index (χ1v) is 7.48. The van der Waals surface area contributed by atoms with Gasteiger partial charge < -0.3 is 15.2 Å². The molecule has 22 heavy (non-hydrogen) atoms. The van der Waals surface area contributed by atoms with Gasteiger partial charge in [-0.1, -0.05) is 30.3 Å². The molecule has 1 aromatic heterocycles. The highest BCUT2D eigenvalue weighted by Gasteiger charge is 2.23. The van der Waals surface area contributed by atoms with Crippen LogP contribution in [0, 0.1) is 0 Å². The summed E-state index contributed by atoms with van der Waals surface area (Å²) in [5, 5.41) is 3.33. The number of benzene rings is 1. The van der Waals surface area contributed by atoms with Crippen LogP contribution in [-0.2, 0) is 0 Å². The molecule has 1 aliphatic rings. The van der Waals surface area contributed by atoms with Gasteiger partial charge in [0.25, 0.3) is 5.91 Å². The fourth-order valence-electron chi connectivity index (χ4n) is 2.86. The Morgan fingerprint density at radius 1 is 1.09 bits per heavy atom. The predicted octanol–water partition coefficient (Wildman–Crippen LogP) is 2.93. The third kappa shape index (κ3) is 3.51. The largest absolute Gasteiger partial charge is 0.351 e. The second-order valence-corrected chi connectivity index (χ2v) is 5.55. The number of carbonyl (C=O) groups is 1. The summed E-state index contributed by atoms with van der Waals surface area (Å²) in [5.41, 5.74) is 2.74. The van der Waals surface area contributed by atoms with Crippen LogP contribution in [0.3, 0.4) is 0 Å². The van der Waals surface area contributed by atoms with Gasteiger partial charge in [0.2, 0.25) is 0 Å². The fourth-order valence-corrected chi connectivity index (χ4v) is 2.86. The summed E-state index contributed by atoms with van der Waals surface area (Å²) in [6.45, 7) is 1.98. The number of aromatic amines is 1. The van der Waals surface area contributed by atoms with Crippen molar-refractivity contribution in [3.05, 3.63) is 48.2 Å². The Balaban J connectivity index is 0.00000176. The van der Waals surface area contributed by atoms with E-state index in [1.54, 1.807) is 0 Å². The van der Waals surface area contributed by atoms with Crippen LogP contribution >= 0.6 is 12.4 Å². The number of aromatic nitrogens is 1. The summed E-state index contributed by atoms with van der Waals surface area (Å²) >= 11 is 0. The van der Waals surface area contributed by atoms with E-state index < -0.39 is 0 Å². The zero-order valence-electron chi connectivity index (χ0n) is 12.7. The number of H-pyrrole nitrogens is 1. The Bertz CT molecular complexity index is 605. The molecule has 1 aromatic carbocycles. The van der Waals surface area contributed by atoms with Crippen LogP contribution < -0.4 is 5.32 Å².